The van der Waals surface area contributed by atoms with Gasteiger partial charge in [-0.25, -0.2) is 0 Å². The highest BCUT2D eigenvalue weighted by atomic mass is 35.5. The van der Waals surface area contributed by atoms with Crippen LogP contribution in [0.15, 0.2) is 42.5 Å². The second-order valence-electron chi connectivity index (χ2n) is 8.20. The van der Waals surface area contributed by atoms with E-state index >= 15 is 0 Å². The van der Waals surface area contributed by atoms with Crippen LogP contribution in [0.1, 0.15) is 25.3 Å². The molecular formula is C24H30Cl2N4O2. The Morgan fingerprint density at radius 1 is 1.03 bits per heavy atom. The number of nitrogens with zero attached hydrogens (tertiary/aromatic N) is 3. The zero-order chi connectivity index (χ0) is 21.8. The normalized spacial score (nSPS) is 16.4. The van der Waals surface area contributed by atoms with Gasteiger partial charge in [0, 0.05) is 68.2 Å². The van der Waals surface area contributed by atoms with Crippen LogP contribution in [-0.4, -0.2) is 56.0 Å². The lowest BCUT2D eigenvalue weighted by molar-refractivity contribution is -0.119. The fraction of sp³-hybridized carbons (Fsp3) is 0.417. The van der Waals surface area contributed by atoms with E-state index in [4.69, 9.17) is 11.6 Å². The second kappa shape index (κ2) is 11.0. The van der Waals surface area contributed by atoms with E-state index in [9.17, 15) is 9.59 Å². The summed E-state index contributed by atoms with van der Waals surface area (Å²) in [5.41, 5.74) is 4.05. The lowest BCUT2D eigenvalue weighted by Gasteiger charge is -2.37. The molecule has 0 saturated carbocycles. The number of hydrogen-bond acceptors (Lipinski definition) is 4. The zero-order valence-electron chi connectivity index (χ0n) is 18.3. The second-order valence-corrected chi connectivity index (χ2v) is 8.60. The largest absolute Gasteiger partial charge is 0.369 e. The third-order valence-electron chi connectivity index (χ3n) is 6.03. The highest BCUT2D eigenvalue weighted by Gasteiger charge is 2.25. The van der Waals surface area contributed by atoms with Crippen molar-refractivity contribution in [1.29, 1.82) is 0 Å². The van der Waals surface area contributed by atoms with Gasteiger partial charge >= 0.3 is 0 Å². The maximum absolute atomic E-state index is 12.5. The van der Waals surface area contributed by atoms with Gasteiger partial charge in [0.2, 0.25) is 11.8 Å². The minimum atomic E-state index is -0.0564. The molecule has 2 aliphatic rings. The smallest absolute Gasteiger partial charge is 0.227 e. The van der Waals surface area contributed by atoms with Crippen molar-refractivity contribution in [3.05, 3.63) is 53.1 Å². The average molecular weight is 477 g/mol. The number of anilines is 3. The Morgan fingerprint density at radius 3 is 2.53 bits per heavy atom. The lowest BCUT2D eigenvalue weighted by atomic mass is 10.0. The third-order valence-corrected chi connectivity index (χ3v) is 6.39. The molecular weight excluding hydrogens is 447 g/mol. The highest BCUT2D eigenvalue weighted by molar-refractivity contribution is 6.32. The van der Waals surface area contributed by atoms with Gasteiger partial charge in [-0.1, -0.05) is 23.7 Å². The number of amides is 2. The van der Waals surface area contributed by atoms with Crippen LogP contribution in [0.2, 0.25) is 5.02 Å². The summed E-state index contributed by atoms with van der Waals surface area (Å²) < 4.78 is 0. The van der Waals surface area contributed by atoms with Crippen molar-refractivity contribution < 1.29 is 9.59 Å². The van der Waals surface area contributed by atoms with Crippen LogP contribution < -0.4 is 15.1 Å². The molecule has 0 aliphatic carbocycles. The van der Waals surface area contributed by atoms with Gasteiger partial charge in [-0.3, -0.25) is 14.5 Å². The van der Waals surface area contributed by atoms with E-state index in [0.717, 1.165) is 79.8 Å². The Labute approximate surface area is 200 Å². The van der Waals surface area contributed by atoms with Gasteiger partial charge in [0.15, 0.2) is 0 Å². The maximum atomic E-state index is 12.5. The first-order valence-corrected chi connectivity index (χ1v) is 11.3. The summed E-state index contributed by atoms with van der Waals surface area (Å²) in [6.07, 6.45) is 2.21. The average Bonchev–Trinajstić information content (AvgIpc) is 2.76. The minimum Gasteiger partial charge on any atom is -0.369 e. The summed E-state index contributed by atoms with van der Waals surface area (Å²) >= 11 is 6.34. The molecule has 0 bridgehead atoms. The maximum Gasteiger partial charge on any atom is 0.227 e. The first-order valence-electron chi connectivity index (χ1n) is 10.9. The van der Waals surface area contributed by atoms with Gasteiger partial charge in [0.05, 0.1) is 0 Å². The Bertz CT molecular complexity index is 961. The standard InChI is InChI=1S/C24H29ClN4O2.ClH/c1-18(30)26-19-5-2-6-20(17-19)28-15-13-27(14-16-28)11-4-12-29-23-8-3-7-22(25)21(23)9-10-24(29)31;/h2-3,5-8,17H,4,9-16H2,1H3,(H,26,30);1H. The number of hydrogen-bond donors (Lipinski definition) is 1. The fourth-order valence-electron chi connectivity index (χ4n) is 4.46. The summed E-state index contributed by atoms with van der Waals surface area (Å²) in [5.74, 6) is 0.137. The van der Waals surface area contributed by atoms with E-state index in [1.165, 1.54) is 6.92 Å². The van der Waals surface area contributed by atoms with Crippen LogP contribution in [0.4, 0.5) is 17.1 Å². The number of fused-ring (bicyclic) bond motifs is 1. The molecule has 4 rings (SSSR count). The van der Waals surface area contributed by atoms with Gasteiger partial charge in [-0.2, -0.15) is 0 Å². The molecule has 172 valence electrons. The zero-order valence-corrected chi connectivity index (χ0v) is 19.9. The number of carbonyl (C=O) groups is 2. The molecule has 0 spiro atoms. The van der Waals surface area contributed by atoms with Crippen LogP contribution in [0.3, 0.4) is 0 Å². The predicted molar refractivity (Wildman–Crippen MR) is 133 cm³/mol. The SMILES string of the molecule is CC(=O)Nc1cccc(N2CCN(CCCN3C(=O)CCc4c(Cl)cccc43)CC2)c1.Cl. The molecule has 2 heterocycles. The molecule has 2 aromatic rings. The third kappa shape index (κ3) is 5.74. The van der Waals surface area contributed by atoms with E-state index in [0.29, 0.717) is 6.42 Å². The first-order chi connectivity index (χ1) is 15.0. The van der Waals surface area contributed by atoms with Crippen molar-refractivity contribution in [2.75, 3.05) is 54.4 Å². The van der Waals surface area contributed by atoms with Crippen molar-refractivity contribution in [1.82, 2.24) is 4.90 Å². The number of nitrogens with one attached hydrogen (secondary N) is 1. The molecule has 2 aliphatic heterocycles. The number of rotatable bonds is 6. The molecule has 2 aromatic carbocycles. The quantitative estimate of drug-likeness (QED) is 0.678. The van der Waals surface area contributed by atoms with Crippen molar-refractivity contribution in [2.45, 2.75) is 26.2 Å². The summed E-state index contributed by atoms with van der Waals surface area (Å²) in [7, 11) is 0. The molecule has 2 amide bonds. The van der Waals surface area contributed by atoms with E-state index in [2.05, 4.69) is 21.2 Å². The van der Waals surface area contributed by atoms with Gasteiger partial charge in [-0.05, 0) is 55.3 Å². The summed E-state index contributed by atoms with van der Waals surface area (Å²) in [5, 5.41) is 3.61. The Balaban J connectivity index is 0.00000289. The number of piperazine rings is 1. The number of carbonyl (C=O) groups excluding carboxylic acids is 2. The molecule has 1 N–H and O–H groups in total. The van der Waals surface area contributed by atoms with Crippen molar-refractivity contribution in [2.24, 2.45) is 0 Å². The molecule has 0 unspecified atom stereocenters. The van der Waals surface area contributed by atoms with Crippen molar-refractivity contribution in [3.8, 4) is 0 Å². The Kier molecular flexibility index (Phi) is 8.40. The van der Waals surface area contributed by atoms with Gasteiger partial charge in [0.1, 0.15) is 0 Å². The van der Waals surface area contributed by atoms with Crippen LogP contribution in [0, 0.1) is 0 Å². The Hall–Kier alpha value is -2.28. The minimum absolute atomic E-state index is 0. The van der Waals surface area contributed by atoms with Crippen LogP contribution in [0.5, 0.6) is 0 Å². The topological polar surface area (TPSA) is 55.9 Å². The molecule has 8 heteroatoms. The summed E-state index contributed by atoms with van der Waals surface area (Å²) in [4.78, 5) is 30.5. The van der Waals surface area contributed by atoms with E-state index < -0.39 is 0 Å². The molecule has 0 atom stereocenters. The molecule has 6 nitrogen and oxygen atoms in total. The van der Waals surface area contributed by atoms with E-state index in [-0.39, 0.29) is 24.2 Å². The molecule has 1 fully saturated rings. The van der Waals surface area contributed by atoms with Crippen LogP contribution in [-0.2, 0) is 16.0 Å². The molecule has 0 aromatic heterocycles. The van der Waals surface area contributed by atoms with E-state index in [1.54, 1.807) is 0 Å². The van der Waals surface area contributed by atoms with Gasteiger partial charge < -0.3 is 15.1 Å². The van der Waals surface area contributed by atoms with Gasteiger partial charge in [-0.15, -0.1) is 12.4 Å². The summed E-state index contributed by atoms with van der Waals surface area (Å²) in [6.45, 7) is 7.09. The van der Waals surface area contributed by atoms with Crippen LogP contribution in [0.25, 0.3) is 0 Å². The first kappa shape index (κ1) is 24.4. The number of halogens is 2. The fourth-order valence-corrected chi connectivity index (χ4v) is 4.72. The highest BCUT2D eigenvalue weighted by Crippen LogP contribution is 2.33. The van der Waals surface area contributed by atoms with Crippen molar-refractivity contribution in [3.63, 3.8) is 0 Å². The predicted octanol–water partition coefficient (Wildman–Crippen LogP) is 4.21. The number of benzene rings is 2. The Morgan fingerprint density at radius 2 is 1.78 bits per heavy atom. The van der Waals surface area contributed by atoms with Crippen LogP contribution >= 0.6 is 24.0 Å². The van der Waals surface area contributed by atoms with E-state index in [1.807, 2.05) is 41.3 Å². The molecule has 32 heavy (non-hydrogen) atoms. The molecule has 0 radical (unpaired) electrons. The monoisotopic (exact) mass is 476 g/mol. The summed E-state index contributed by atoms with van der Waals surface area (Å²) in [6, 6.07) is 13.8. The lowest BCUT2D eigenvalue weighted by Crippen LogP contribution is -2.47. The van der Waals surface area contributed by atoms with Crippen molar-refractivity contribution >= 4 is 52.9 Å². The van der Waals surface area contributed by atoms with Gasteiger partial charge in [0.25, 0.3) is 0 Å². The molecule has 1 saturated heterocycles.